The van der Waals surface area contributed by atoms with Crippen molar-refractivity contribution < 1.29 is 0 Å². The maximum absolute atomic E-state index is 8.15. The number of allylic oxidation sites excluding steroid dienone is 2. The van der Waals surface area contributed by atoms with E-state index in [-0.39, 0.29) is 0 Å². The van der Waals surface area contributed by atoms with Crippen molar-refractivity contribution in [1.29, 1.82) is 5.41 Å². The number of hydrazone groups is 1. The normalized spacial score (nSPS) is 20.1. The van der Waals surface area contributed by atoms with E-state index >= 15 is 0 Å². The summed E-state index contributed by atoms with van der Waals surface area (Å²) >= 11 is 0. The van der Waals surface area contributed by atoms with Gasteiger partial charge in [-0.05, 0) is 12.8 Å². The first-order valence-corrected chi connectivity index (χ1v) is 5.35. The highest BCUT2D eigenvalue weighted by Crippen LogP contribution is 2.36. The molecule has 0 spiro atoms. The zero-order valence-corrected chi connectivity index (χ0v) is 9.45. The number of hydrogen-bond acceptors (Lipinski definition) is 4. The van der Waals surface area contributed by atoms with Crippen LogP contribution in [0.15, 0.2) is 41.4 Å². The number of rotatable bonds is 4. The van der Waals surface area contributed by atoms with E-state index in [9.17, 15) is 0 Å². The van der Waals surface area contributed by atoms with Crippen molar-refractivity contribution in [1.82, 2.24) is 10.3 Å². The SMILES string of the molecule is C=CN1N=CC(NC)=C(C(=N)C2CC2)C1=C. The molecule has 1 saturated carbocycles. The average molecular weight is 216 g/mol. The second-order valence-electron chi connectivity index (χ2n) is 3.95. The van der Waals surface area contributed by atoms with Crippen LogP contribution >= 0.6 is 0 Å². The Balaban J connectivity index is 2.37. The standard InChI is InChI=1S/C12H16N4/c1-4-16-8(2)11(10(14-3)7-15-16)12(13)9-5-6-9/h4,7,9,13-14H,1-2,5-6H2,3H3. The third-order valence-electron chi connectivity index (χ3n) is 2.84. The quantitative estimate of drug-likeness (QED) is 0.705. The lowest BCUT2D eigenvalue weighted by atomic mass is 10.0. The monoisotopic (exact) mass is 216 g/mol. The fourth-order valence-corrected chi connectivity index (χ4v) is 1.75. The van der Waals surface area contributed by atoms with Gasteiger partial charge in [-0.1, -0.05) is 13.2 Å². The van der Waals surface area contributed by atoms with Gasteiger partial charge in [-0.15, -0.1) is 0 Å². The lowest BCUT2D eigenvalue weighted by Gasteiger charge is -2.25. The zero-order chi connectivity index (χ0) is 11.7. The molecule has 0 unspecified atom stereocenters. The Bertz CT molecular complexity index is 413. The Morgan fingerprint density at radius 2 is 2.38 bits per heavy atom. The Morgan fingerprint density at radius 1 is 1.69 bits per heavy atom. The molecular weight excluding hydrogens is 200 g/mol. The molecule has 2 N–H and O–H groups in total. The molecule has 16 heavy (non-hydrogen) atoms. The lowest BCUT2D eigenvalue weighted by Crippen LogP contribution is -2.27. The predicted octanol–water partition coefficient (Wildman–Crippen LogP) is 1.85. The van der Waals surface area contributed by atoms with E-state index in [1.54, 1.807) is 17.4 Å². The van der Waals surface area contributed by atoms with Crippen LogP contribution in [0.1, 0.15) is 12.8 Å². The van der Waals surface area contributed by atoms with Crippen molar-refractivity contribution in [3.63, 3.8) is 0 Å². The Labute approximate surface area is 95.5 Å². The summed E-state index contributed by atoms with van der Waals surface area (Å²) in [6, 6.07) is 0. The Hall–Kier alpha value is -1.84. The third kappa shape index (κ3) is 1.66. The molecule has 84 valence electrons. The second kappa shape index (κ2) is 3.96. The maximum atomic E-state index is 8.15. The van der Waals surface area contributed by atoms with E-state index in [0.717, 1.165) is 29.8 Å². The Kier molecular flexibility index (Phi) is 2.64. The first-order chi connectivity index (χ1) is 7.69. The molecule has 0 aromatic rings. The van der Waals surface area contributed by atoms with Gasteiger partial charge in [0.25, 0.3) is 0 Å². The van der Waals surface area contributed by atoms with Gasteiger partial charge >= 0.3 is 0 Å². The molecule has 1 aliphatic carbocycles. The number of hydrogen-bond donors (Lipinski definition) is 2. The zero-order valence-electron chi connectivity index (χ0n) is 9.45. The molecule has 1 fully saturated rings. The molecule has 0 atom stereocenters. The fourth-order valence-electron chi connectivity index (χ4n) is 1.75. The second-order valence-corrected chi connectivity index (χ2v) is 3.95. The molecule has 0 amide bonds. The van der Waals surface area contributed by atoms with Gasteiger partial charge in [-0.3, -0.25) is 0 Å². The molecule has 0 aromatic heterocycles. The molecular formula is C12H16N4. The molecule has 0 saturated heterocycles. The first kappa shape index (κ1) is 10.7. The molecule has 4 heteroatoms. The minimum atomic E-state index is 0.397. The van der Waals surface area contributed by atoms with E-state index < -0.39 is 0 Å². The highest BCUT2D eigenvalue weighted by Gasteiger charge is 2.32. The van der Waals surface area contributed by atoms with Crippen LogP contribution in [0.4, 0.5) is 0 Å². The van der Waals surface area contributed by atoms with Crippen LogP contribution in [-0.2, 0) is 0 Å². The van der Waals surface area contributed by atoms with Crippen LogP contribution in [0.5, 0.6) is 0 Å². The minimum Gasteiger partial charge on any atom is -0.386 e. The van der Waals surface area contributed by atoms with Crippen molar-refractivity contribution >= 4 is 11.9 Å². The van der Waals surface area contributed by atoms with Crippen molar-refractivity contribution in [3.05, 3.63) is 36.3 Å². The summed E-state index contributed by atoms with van der Waals surface area (Å²) in [6.07, 6.45) is 5.53. The van der Waals surface area contributed by atoms with E-state index in [4.69, 9.17) is 5.41 Å². The van der Waals surface area contributed by atoms with Crippen molar-refractivity contribution in [2.24, 2.45) is 11.0 Å². The van der Waals surface area contributed by atoms with Gasteiger partial charge in [-0.25, -0.2) is 5.01 Å². The first-order valence-electron chi connectivity index (χ1n) is 5.35. The number of nitrogens with one attached hydrogen (secondary N) is 2. The summed E-state index contributed by atoms with van der Waals surface area (Å²) in [5.74, 6) is 0.397. The minimum absolute atomic E-state index is 0.397. The van der Waals surface area contributed by atoms with Crippen LogP contribution in [0.2, 0.25) is 0 Å². The van der Waals surface area contributed by atoms with Gasteiger partial charge in [-0.2, -0.15) is 5.10 Å². The molecule has 2 rings (SSSR count). The van der Waals surface area contributed by atoms with E-state index in [0.29, 0.717) is 11.6 Å². The van der Waals surface area contributed by atoms with Gasteiger partial charge in [0.15, 0.2) is 0 Å². The lowest BCUT2D eigenvalue weighted by molar-refractivity contribution is 0.509. The smallest absolute Gasteiger partial charge is 0.0718 e. The van der Waals surface area contributed by atoms with Crippen LogP contribution in [0.25, 0.3) is 0 Å². The van der Waals surface area contributed by atoms with Gasteiger partial charge in [0.05, 0.1) is 17.6 Å². The molecule has 4 nitrogen and oxygen atoms in total. The van der Waals surface area contributed by atoms with Gasteiger partial charge in [0, 0.05) is 30.5 Å². The molecule has 2 aliphatic rings. The predicted molar refractivity (Wildman–Crippen MR) is 66.2 cm³/mol. The largest absolute Gasteiger partial charge is 0.386 e. The fraction of sp³-hybridized carbons (Fsp3) is 0.333. The van der Waals surface area contributed by atoms with Gasteiger partial charge in [0.1, 0.15) is 0 Å². The van der Waals surface area contributed by atoms with E-state index in [2.05, 4.69) is 23.6 Å². The summed E-state index contributed by atoms with van der Waals surface area (Å²) < 4.78 is 0. The van der Waals surface area contributed by atoms with Crippen molar-refractivity contribution in [3.8, 4) is 0 Å². The van der Waals surface area contributed by atoms with Crippen LogP contribution < -0.4 is 5.32 Å². The van der Waals surface area contributed by atoms with E-state index in [1.807, 2.05) is 7.05 Å². The maximum Gasteiger partial charge on any atom is 0.0718 e. The molecule has 0 bridgehead atoms. The highest BCUT2D eigenvalue weighted by molar-refractivity contribution is 6.09. The summed E-state index contributed by atoms with van der Waals surface area (Å²) in [5.41, 5.74) is 3.10. The van der Waals surface area contributed by atoms with Crippen molar-refractivity contribution in [2.75, 3.05) is 7.05 Å². The molecule has 1 aliphatic heterocycles. The van der Waals surface area contributed by atoms with Crippen molar-refractivity contribution in [2.45, 2.75) is 12.8 Å². The van der Waals surface area contributed by atoms with Crippen LogP contribution in [0.3, 0.4) is 0 Å². The molecule has 0 aromatic carbocycles. The molecule has 0 radical (unpaired) electrons. The summed E-state index contributed by atoms with van der Waals surface area (Å²) in [6.45, 7) is 7.66. The summed E-state index contributed by atoms with van der Waals surface area (Å²) in [5, 5.41) is 17.0. The van der Waals surface area contributed by atoms with Crippen LogP contribution in [0, 0.1) is 11.3 Å². The average Bonchev–Trinajstić information content (AvgIpc) is 3.11. The number of nitrogens with zero attached hydrogens (tertiary/aromatic N) is 2. The third-order valence-corrected chi connectivity index (χ3v) is 2.84. The van der Waals surface area contributed by atoms with Crippen LogP contribution in [-0.4, -0.2) is 24.0 Å². The summed E-state index contributed by atoms with van der Waals surface area (Å²) in [7, 11) is 1.83. The van der Waals surface area contributed by atoms with E-state index in [1.165, 1.54) is 0 Å². The molecule has 1 heterocycles. The topological polar surface area (TPSA) is 51.5 Å². The van der Waals surface area contributed by atoms with Gasteiger partial charge in [0.2, 0.25) is 0 Å². The highest BCUT2D eigenvalue weighted by atomic mass is 15.5. The Morgan fingerprint density at radius 3 is 2.88 bits per heavy atom. The summed E-state index contributed by atoms with van der Waals surface area (Å²) in [4.78, 5) is 0. The van der Waals surface area contributed by atoms with Gasteiger partial charge < -0.3 is 10.7 Å².